The van der Waals surface area contributed by atoms with Crippen LogP contribution in [0.5, 0.6) is 0 Å². The van der Waals surface area contributed by atoms with Crippen molar-refractivity contribution in [2.75, 3.05) is 33.9 Å². The molecule has 1 heterocycles. The van der Waals surface area contributed by atoms with Gasteiger partial charge >= 0.3 is 5.97 Å². The molecule has 0 spiro atoms. The quantitative estimate of drug-likeness (QED) is 0.651. The highest BCUT2D eigenvalue weighted by Gasteiger charge is 2.22. The van der Waals surface area contributed by atoms with E-state index in [0.29, 0.717) is 19.4 Å². The fraction of sp³-hybridized carbons (Fsp3) is 0.900. The normalized spacial score (nSPS) is 26.7. The summed E-state index contributed by atoms with van der Waals surface area (Å²) in [5.74, 6) is -0.260. The fourth-order valence-corrected chi connectivity index (χ4v) is 1.47. The van der Waals surface area contributed by atoms with Crippen LogP contribution in [0.15, 0.2) is 0 Å². The topological polar surface area (TPSA) is 59.0 Å². The summed E-state index contributed by atoms with van der Waals surface area (Å²) >= 11 is 0. The van der Waals surface area contributed by atoms with Gasteiger partial charge in [0.15, 0.2) is 0 Å². The van der Waals surface area contributed by atoms with E-state index in [1.807, 2.05) is 14.1 Å². The number of hydrogen-bond acceptors (Lipinski definition) is 5. The van der Waals surface area contributed by atoms with Crippen LogP contribution in [-0.2, 0) is 14.3 Å². The van der Waals surface area contributed by atoms with E-state index in [1.165, 1.54) is 0 Å². The summed E-state index contributed by atoms with van der Waals surface area (Å²) in [6.07, 6.45) is 0.744. The molecule has 0 aliphatic carbocycles. The van der Waals surface area contributed by atoms with Crippen molar-refractivity contribution in [2.24, 2.45) is 0 Å². The molecule has 88 valence electrons. The van der Waals surface area contributed by atoms with E-state index in [0.717, 1.165) is 0 Å². The lowest BCUT2D eigenvalue weighted by atomic mass is 10.1. The smallest absolute Gasteiger partial charge is 0.320 e. The first-order valence-corrected chi connectivity index (χ1v) is 5.18. The van der Waals surface area contributed by atoms with Gasteiger partial charge in [0.2, 0.25) is 0 Å². The molecule has 5 nitrogen and oxygen atoms in total. The van der Waals surface area contributed by atoms with E-state index in [2.05, 4.69) is 0 Å². The number of carbonyl (C=O) groups excluding carboxylic acids is 1. The molecule has 0 aromatic rings. The van der Waals surface area contributed by atoms with Crippen LogP contribution in [0.2, 0.25) is 0 Å². The first-order chi connectivity index (χ1) is 7.08. The standard InChI is InChI=1S/C10H19NO4/c1-11(2)6-10(13)15-7-9-5-8(12)3-4-14-9/h8-9,12H,3-7H2,1-2H3. The molecule has 0 aromatic carbocycles. The van der Waals surface area contributed by atoms with E-state index in [9.17, 15) is 9.90 Å². The van der Waals surface area contributed by atoms with Gasteiger partial charge in [-0.25, -0.2) is 0 Å². The largest absolute Gasteiger partial charge is 0.462 e. The first-order valence-electron chi connectivity index (χ1n) is 5.18. The number of aliphatic hydroxyl groups excluding tert-OH is 1. The Morgan fingerprint density at radius 1 is 1.60 bits per heavy atom. The molecule has 1 fully saturated rings. The van der Waals surface area contributed by atoms with Gasteiger partial charge in [0.05, 0.1) is 18.8 Å². The molecule has 2 atom stereocenters. The van der Waals surface area contributed by atoms with Gasteiger partial charge in [0.1, 0.15) is 6.61 Å². The van der Waals surface area contributed by atoms with Gasteiger partial charge in [-0.3, -0.25) is 9.69 Å². The molecule has 1 aliphatic heterocycles. The number of carbonyl (C=O) groups is 1. The molecule has 0 radical (unpaired) electrons. The van der Waals surface area contributed by atoms with Crippen LogP contribution in [0.1, 0.15) is 12.8 Å². The summed E-state index contributed by atoms with van der Waals surface area (Å²) in [5, 5.41) is 9.36. The number of aliphatic hydroxyl groups is 1. The zero-order valence-corrected chi connectivity index (χ0v) is 9.31. The van der Waals surface area contributed by atoms with Gasteiger partial charge in [0, 0.05) is 13.0 Å². The molecule has 0 bridgehead atoms. The molecular formula is C10H19NO4. The Morgan fingerprint density at radius 2 is 2.33 bits per heavy atom. The van der Waals surface area contributed by atoms with Crippen molar-refractivity contribution in [1.29, 1.82) is 0 Å². The van der Waals surface area contributed by atoms with Gasteiger partial charge < -0.3 is 14.6 Å². The number of esters is 1. The monoisotopic (exact) mass is 217 g/mol. The minimum Gasteiger partial charge on any atom is -0.462 e. The van der Waals surface area contributed by atoms with Gasteiger partial charge in [-0.15, -0.1) is 0 Å². The molecule has 0 aromatic heterocycles. The van der Waals surface area contributed by atoms with E-state index < -0.39 is 0 Å². The minimum absolute atomic E-state index is 0.153. The van der Waals surface area contributed by atoms with Crippen LogP contribution in [0.4, 0.5) is 0 Å². The van der Waals surface area contributed by atoms with Crippen LogP contribution in [0, 0.1) is 0 Å². The van der Waals surface area contributed by atoms with Crippen molar-refractivity contribution >= 4 is 5.97 Å². The predicted molar refractivity (Wildman–Crippen MR) is 54.5 cm³/mol. The van der Waals surface area contributed by atoms with Crippen molar-refractivity contribution in [2.45, 2.75) is 25.0 Å². The Balaban J connectivity index is 2.16. The number of rotatable bonds is 4. The SMILES string of the molecule is CN(C)CC(=O)OCC1CC(O)CCO1. The highest BCUT2D eigenvalue weighted by Crippen LogP contribution is 2.13. The predicted octanol–water partition coefficient (Wildman–Crippen LogP) is -0.369. The summed E-state index contributed by atoms with van der Waals surface area (Å²) in [5.41, 5.74) is 0. The van der Waals surface area contributed by atoms with Crippen molar-refractivity contribution in [3.63, 3.8) is 0 Å². The molecule has 1 aliphatic rings. The molecule has 1 saturated heterocycles. The number of ether oxygens (including phenoxy) is 2. The van der Waals surface area contributed by atoms with Crippen LogP contribution in [-0.4, -0.2) is 62.0 Å². The summed E-state index contributed by atoms with van der Waals surface area (Å²) < 4.78 is 10.4. The Labute approximate surface area is 90.0 Å². The molecule has 1 rings (SSSR count). The van der Waals surface area contributed by atoms with Crippen LogP contribution >= 0.6 is 0 Å². The highest BCUT2D eigenvalue weighted by atomic mass is 16.6. The Bertz CT molecular complexity index is 208. The van der Waals surface area contributed by atoms with Gasteiger partial charge in [0.25, 0.3) is 0 Å². The fourth-order valence-electron chi connectivity index (χ4n) is 1.47. The lowest BCUT2D eigenvalue weighted by Crippen LogP contribution is -2.34. The maximum atomic E-state index is 11.2. The minimum atomic E-state index is -0.323. The lowest BCUT2D eigenvalue weighted by Gasteiger charge is -2.26. The molecule has 0 saturated carbocycles. The second kappa shape index (κ2) is 6.05. The third kappa shape index (κ3) is 5.11. The van der Waals surface area contributed by atoms with Gasteiger partial charge in [-0.05, 0) is 20.5 Å². The van der Waals surface area contributed by atoms with Crippen molar-refractivity contribution in [3.05, 3.63) is 0 Å². The second-order valence-electron chi connectivity index (χ2n) is 4.09. The van der Waals surface area contributed by atoms with E-state index in [-0.39, 0.29) is 31.3 Å². The number of hydrogen-bond donors (Lipinski definition) is 1. The molecule has 15 heavy (non-hydrogen) atoms. The average molecular weight is 217 g/mol. The number of nitrogens with zero attached hydrogens (tertiary/aromatic N) is 1. The zero-order chi connectivity index (χ0) is 11.3. The third-order valence-electron chi connectivity index (χ3n) is 2.22. The van der Waals surface area contributed by atoms with Crippen LogP contribution in [0.25, 0.3) is 0 Å². The number of likely N-dealkylation sites (N-methyl/N-ethyl adjacent to an activating group) is 1. The summed E-state index contributed by atoms with van der Waals surface area (Å²) in [7, 11) is 3.62. The van der Waals surface area contributed by atoms with Crippen molar-refractivity contribution in [3.8, 4) is 0 Å². The molecule has 0 amide bonds. The maximum absolute atomic E-state index is 11.2. The Kier molecular flexibility index (Phi) is 5.01. The second-order valence-corrected chi connectivity index (χ2v) is 4.09. The third-order valence-corrected chi connectivity index (χ3v) is 2.22. The Hall–Kier alpha value is -0.650. The summed E-state index contributed by atoms with van der Waals surface area (Å²) in [6.45, 7) is 1.05. The van der Waals surface area contributed by atoms with E-state index in [4.69, 9.17) is 9.47 Å². The molecule has 1 N–H and O–H groups in total. The van der Waals surface area contributed by atoms with E-state index in [1.54, 1.807) is 4.90 Å². The summed E-state index contributed by atoms with van der Waals surface area (Å²) in [6, 6.07) is 0. The first kappa shape index (κ1) is 12.4. The molecular weight excluding hydrogens is 198 g/mol. The molecule has 2 unspecified atom stereocenters. The van der Waals surface area contributed by atoms with Crippen LogP contribution < -0.4 is 0 Å². The lowest BCUT2D eigenvalue weighted by molar-refractivity contribution is -0.151. The van der Waals surface area contributed by atoms with Gasteiger partial charge in [-0.2, -0.15) is 0 Å². The maximum Gasteiger partial charge on any atom is 0.320 e. The molecule has 5 heteroatoms. The van der Waals surface area contributed by atoms with Gasteiger partial charge in [-0.1, -0.05) is 0 Å². The van der Waals surface area contributed by atoms with E-state index >= 15 is 0 Å². The van der Waals surface area contributed by atoms with Crippen molar-refractivity contribution < 1.29 is 19.4 Å². The average Bonchev–Trinajstić information content (AvgIpc) is 2.14. The highest BCUT2D eigenvalue weighted by molar-refractivity contribution is 5.71. The zero-order valence-electron chi connectivity index (χ0n) is 9.31. The summed E-state index contributed by atoms with van der Waals surface area (Å²) in [4.78, 5) is 12.9. The van der Waals surface area contributed by atoms with Crippen LogP contribution in [0.3, 0.4) is 0 Å². The Morgan fingerprint density at radius 3 is 2.93 bits per heavy atom. The van der Waals surface area contributed by atoms with Crippen molar-refractivity contribution in [1.82, 2.24) is 4.90 Å².